The molecule has 7 heteroatoms. The summed E-state index contributed by atoms with van der Waals surface area (Å²) in [6.07, 6.45) is 0. The first-order chi connectivity index (χ1) is 10.1. The van der Waals surface area contributed by atoms with E-state index in [0.29, 0.717) is 13.1 Å². The van der Waals surface area contributed by atoms with Crippen LogP contribution in [0.1, 0.15) is 33.3 Å². The van der Waals surface area contributed by atoms with Gasteiger partial charge in [0, 0.05) is 13.1 Å². The normalized spacial score (nSPS) is 13.7. The summed E-state index contributed by atoms with van der Waals surface area (Å²) in [5.41, 5.74) is 6.37. The average Bonchev–Trinajstić information content (AvgIpc) is 2.43. The minimum absolute atomic E-state index is 0.204. The standard InChI is InChI=1S/C15H25N3O3S/c1-5-18-22(20,21)12-8-6-11(7-9-12)10-17-14(19)13(16)15(2,3)4/h6-9,13,18H,5,10,16H2,1-4H3,(H,17,19)/t13-/m1/s1. The van der Waals surface area contributed by atoms with Gasteiger partial charge in [0.05, 0.1) is 10.9 Å². The highest BCUT2D eigenvalue weighted by Gasteiger charge is 2.27. The monoisotopic (exact) mass is 327 g/mol. The summed E-state index contributed by atoms with van der Waals surface area (Å²) in [4.78, 5) is 12.1. The van der Waals surface area contributed by atoms with Gasteiger partial charge >= 0.3 is 0 Å². The van der Waals surface area contributed by atoms with Crippen molar-refractivity contribution in [1.29, 1.82) is 0 Å². The van der Waals surface area contributed by atoms with Gasteiger partial charge in [0.1, 0.15) is 0 Å². The molecule has 0 aliphatic rings. The molecule has 0 unspecified atom stereocenters. The van der Waals surface area contributed by atoms with Crippen molar-refractivity contribution in [2.75, 3.05) is 6.54 Å². The first kappa shape index (κ1) is 18.6. The fraction of sp³-hybridized carbons (Fsp3) is 0.533. The fourth-order valence-corrected chi connectivity index (χ4v) is 2.79. The van der Waals surface area contributed by atoms with Crippen LogP contribution in [0.3, 0.4) is 0 Å². The van der Waals surface area contributed by atoms with E-state index >= 15 is 0 Å². The smallest absolute Gasteiger partial charge is 0.240 e. The number of rotatable bonds is 6. The molecule has 0 aliphatic carbocycles. The molecule has 0 radical (unpaired) electrons. The highest BCUT2D eigenvalue weighted by atomic mass is 32.2. The molecule has 0 aromatic heterocycles. The van der Waals surface area contributed by atoms with Gasteiger partial charge in [-0.15, -0.1) is 0 Å². The van der Waals surface area contributed by atoms with Gasteiger partial charge in [-0.3, -0.25) is 4.79 Å². The minimum atomic E-state index is -3.45. The molecule has 0 bridgehead atoms. The van der Waals surface area contributed by atoms with E-state index in [-0.39, 0.29) is 16.2 Å². The molecule has 0 saturated carbocycles. The third-order valence-corrected chi connectivity index (χ3v) is 4.81. The summed E-state index contributed by atoms with van der Waals surface area (Å²) in [5, 5.41) is 2.76. The summed E-state index contributed by atoms with van der Waals surface area (Å²) in [5.74, 6) is -0.225. The SMILES string of the molecule is CCNS(=O)(=O)c1ccc(CNC(=O)[C@@H](N)C(C)(C)C)cc1. The lowest BCUT2D eigenvalue weighted by Gasteiger charge is -2.25. The molecule has 0 spiro atoms. The van der Waals surface area contributed by atoms with E-state index < -0.39 is 16.1 Å². The topological polar surface area (TPSA) is 101 Å². The number of amides is 1. The maximum absolute atomic E-state index is 11.9. The molecule has 1 aromatic carbocycles. The molecule has 0 fully saturated rings. The van der Waals surface area contributed by atoms with E-state index in [4.69, 9.17) is 5.73 Å². The Morgan fingerprint density at radius 3 is 2.23 bits per heavy atom. The van der Waals surface area contributed by atoms with E-state index in [1.807, 2.05) is 20.8 Å². The lowest BCUT2D eigenvalue weighted by Crippen LogP contribution is -2.48. The van der Waals surface area contributed by atoms with Crippen LogP contribution in [0.2, 0.25) is 0 Å². The van der Waals surface area contributed by atoms with Crippen LogP contribution in [0.5, 0.6) is 0 Å². The zero-order valence-electron chi connectivity index (χ0n) is 13.5. The largest absolute Gasteiger partial charge is 0.351 e. The Balaban J connectivity index is 2.68. The number of carbonyl (C=O) groups is 1. The summed E-state index contributed by atoms with van der Waals surface area (Å²) in [6.45, 7) is 8.07. The zero-order chi connectivity index (χ0) is 17.0. The predicted molar refractivity (Wildman–Crippen MR) is 86.6 cm³/mol. The second kappa shape index (κ2) is 7.21. The fourth-order valence-electron chi connectivity index (χ4n) is 1.75. The second-order valence-corrected chi connectivity index (χ2v) is 7.97. The number of sulfonamides is 1. The van der Waals surface area contributed by atoms with Crippen molar-refractivity contribution in [1.82, 2.24) is 10.0 Å². The summed E-state index contributed by atoms with van der Waals surface area (Å²) in [7, 11) is -3.45. The summed E-state index contributed by atoms with van der Waals surface area (Å²) >= 11 is 0. The molecular formula is C15H25N3O3S. The Morgan fingerprint density at radius 2 is 1.77 bits per heavy atom. The van der Waals surface area contributed by atoms with E-state index in [0.717, 1.165) is 5.56 Å². The van der Waals surface area contributed by atoms with Crippen molar-refractivity contribution in [3.63, 3.8) is 0 Å². The lowest BCUT2D eigenvalue weighted by molar-refractivity contribution is -0.124. The zero-order valence-corrected chi connectivity index (χ0v) is 14.3. The molecule has 0 aliphatic heterocycles. The van der Waals surface area contributed by atoms with Crippen LogP contribution < -0.4 is 15.8 Å². The number of nitrogens with one attached hydrogen (secondary N) is 2. The first-order valence-electron chi connectivity index (χ1n) is 7.20. The Hall–Kier alpha value is -1.44. The van der Waals surface area contributed by atoms with E-state index in [9.17, 15) is 13.2 Å². The van der Waals surface area contributed by atoms with Gasteiger partial charge in [-0.25, -0.2) is 13.1 Å². The Labute approximate surface area is 132 Å². The van der Waals surface area contributed by atoms with Crippen molar-refractivity contribution in [2.45, 2.75) is 45.2 Å². The van der Waals surface area contributed by atoms with E-state index in [1.165, 1.54) is 12.1 Å². The molecule has 4 N–H and O–H groups in total. The molecule has 1 aromatic rings. The van der Waals surface area contributed by atoms with Crippen molar-refractivity contribution < 1.29 is 13.2 Å². The maximum Gasteiger partial charge on any atom is 0.240 e. The molecule has 1 amide bonds. The van der Waals surface area contributed by atoms with Crippen LogP contribution in [0.4, 0.5) is 0 Å². The highest BCUT2D eigenvalue weighted by Crippen LogP contribution is 2.17. The van der Waals surface area contributed by atoms with Gasteiger partial charge < -0.3 is 11.1 Å². The molecule has 6 nitrogen and oxygen atoms in total. The van der Waals surface area contributed by atoms with Gasteiger partial charge in [-0.1, -0.05) is 39.8 Å². The minimum Gasteiger partial charge on any atom is -0.351 e. The van der Waals surface area contributed by atoms with Crippen molar-refractivity contribution in [2.24, 2.45) is 11.1 Å². The van der Waals surface area contributed by atoms with Crippen molar-refractivity contribution >= 4 is 15.9 Å². The van der Waals surface area contributed by atoms with Crippen LogP contribution >= 0.6 is 0 Å². The predicted octanol–water partition coefficient (Wildman–Crippen LogP) is 0.974. The highest BCUT2D eigenvalue weighted by molar-refractivity contribution is 7.89. The second-order valence-electron chi connectivity index (χ2n) is 6.21. The molecule has 1 atom stereocenters. The van der Waals surface area contributed by atoms with Gasteiger partial charge in [-0.05, 0) is 23.1 Å². The van der Waals surface area contributed by atoms with Gasteiger partial charge in [0.15, 0.2) is 0 Å². The van der Waals surface area contributed by atoms with Gasteiger partial charge in [0.25, 0.3) is 0 Å². The molecule has 124 valence electrons. The van der Waals surface area contributed by atoms with E-state index in [1.54, 1.807) is 19.1 Å². The molecular weight excluding hydrogens is 302 g/mol. The molecule has 1 rings (SSSR count). The van der Waals surface area contributed by atoms with Gasteiger partial charge in [-0.2, -0.15) is 0 Å². The number of hydrogen-bond donors (Lipinski definition) is 3. The van der Waals surface area contributed by atoms with Crippen LogP contribution in [0.15, 0.2) is 29.2 Å². The number of carbonyl (C=O) groups excluding carboxylic acids is 1. The molecule has 0 heterocycles. The Morgan fingerprint density at radius 1 is 1.23 bits per heavy atom. The Bertz CT molecular complexity index is 604. The first-order valence-corrected chi connectivity index (χ1v) is 8.68. The van der Waals surface area contributed by atoms with Crippen molar-refractivity contribution in [3.8, 4) is 0 Å². The number of nitrogens with two attached hydrogens (primary N) is 1. The number of hydrogen-bond acceptors (Lipinski definition) is 4. The average molecular weight is 327 g/mol. The van der Waals surface area contributed by atoms with Crippen LogP contribution in [-0.2, 0) is 21.4 Å². The van der Waals surface area contributed by atoms with Crippen molar-refractivity contribution in [3.05, 3.63) is 29.8 Å². The number of benzene rings is 1. The third kappa shape index (κ3) is 5.08. The lowest BCUT2D eigenvalue weighted by atomic mass is 9.87. The molecule has 22 heavy (non-hydrogen) atoms. The van der Waals surface area contributed by atoms with E-state index in [2.05, 4.69) is 10.0 Å². The quantitative estimate of drug-likeness (QED) is 0.725. The third-order valence-electron chi connectivity index (χ3n) is 3.25. The van der Waals surface area contributed by atoms with Crippen LogP contribution in [0, 0.1) is 5.41 Å². The summed E-state index contributed by atoms with van der Waals surface area (Å²) in [6, 6.07) is 5.79. The summed E-state index contributed by atoms with van der Waals surface area (Å²) < 4.78 is 26.0. The van der Waals surface area contributed by atoms with Crippen LogP contribution in [0.25, 0.3) is 0 Å². The maximum atomic E-state index is 11.9. The van der Waals surface area contributed by atoms with Crippen LogP contribution in [-0.4, -0.2) is 26.9 Å². The molecule has 0 saturated heterocycles. The van der Waals surface area contributed by atoms with Gasteiger partial charge in [0.2, 0.25) is 15.9 Å². The Kier molecular flexibility index (Phi) is 6.10.